The lowest BCUT2D eigenvalue weighted by Crippen LogP contribution is -2.55. The van der Waals surface area contributed by atoms with Crippen LogP contribution in [0.1, 0.15) is 76.6 Å². The Balaban J connectivity index is 1.19. The summed E-state index contributed by atoms with van der Waals surface area (Å²) in [6, 6.07) is 5.67. The maximum Gasteiger partial charge on any atom is 0.125 e. The van der Waals surface area contributed by atoms with Gasteiger partial charge in [-0.05, 0) is 86.8 Å². The predicted octanol–water partition coefficient (Wildman–Crippen LogP) is 5.35. The first kappa shape index (κ1) is 21.1. The van der Waals surface area contributed by atoms with E-state index in [4.69, 9.17) is 4.98 Å². The van der Waals surface area contributed by atoms with Crippen molar-refractivity contribution in [1.29, 1.82) is 0 Å². The highest BCUT2D eigenvalue weighted by atomic mass is 19.1. The second-order valence-corrected chi connectivity index (χ2v) is 11.7. The Morgan fingerprint density at radius 2 is 1.97 bits per heavy atom. The Labute approximate surface area is 192 Å². The number of halogens is 1. The fraction of sp³-hybridized carbons (Fsp3) is 0.741. The summed E-state index contributed by atoms with van der Waals surface area (Å²) >= 11 is 0. The third kappa shape index (κ3) is 3.51. The second-order valence-electron chi connectivity index (χ2n) is 11.7. The fourth-order valence-corrected chi connectivity index (χ4v) is 7.71. The Bertz CT molecular complexity index is 965. The molecule has 2 saturated heterocycles. The zero-order valence-corrected chi connectivity index (χ0v) is 19.8. The maximum absolute atomic E-state index is 14.0. The van der Waals surface area contributed by atoms with Gasteiger partial charge in [-0.2, -0.15) is 0 Å². The quantitative estimate of drug-likeness (QED) is 0.698. The molecule has 32 heavy (non-hydrogen) atoms. The van der Waals surface area contributed by atoms with Crippen LogP contribution in [0, 0.1) is 29.0 Å². The number of fused-ring (bicyclic) bond motifs is 3. The number of rotatable bonds is 4. The molecule has 3 heterocycles. The first-order chi connectivity index (χ1) is 15.5. The Morgan fingerprint density at radius 1 is 1.12 bits per heavy atom. The Hall–Kier alpha value is -1.46. The first-order valence-electron chi connectivity index (χ1n) is 13.1. The molecule has 5 aliphatic rings. The van der Waals surface area contributed by atoms with Crippen LogP contribution in [0.4, 0.5) is 4.39 Å². The van der Waals surface area contributed by atoms with Crippen molar-refractivity contribution in [3.05, 3.63) is 29.8 Å². The molecule has 0 amide bonds. The van der Waals surface area contributed by atoms with E-state index in [1.54, 1.807) is 12.1 Å². The van der Waals surface area contributed by atoms with Gasteiger partial charge in [-0.3, -0.25) is 0 Å². The molecule has 4 unspecified atom stereocenters. The standard InChI is InChI=1S/C27H39FN4/c1-27(2)20-6-5-19(23(27)14-20)17-31-12-9-22(10-13-31)32-25-8-7-21(28)15-24(25)30-26(32)18-4-3-11-29-16-18/h7-8,15,18-20,22-23,29H,3-6,9-14,16-17H2,1-2H3. The van der Waals surface area contributed by atoms with Crippen LogP contribution in [0.2, 0.25) is 0 Å². The smallest absolute Gasteiger partial charge is 0.125 e. The van der Waals surface area contributed by atoms with Gasteiger partial charge in [0.25, 0.3) is 0 Å². The number of imidazole rings is 1. The lowest BCUT2D eigenvalue weighted by molar-refractivity contribution is -0.112. The average Bonchev–Trinajstić information content (AvgIpc) is 3.18. The summed E-state index contributed by atoms with van der Waals surface area (Å²) in [5.41, 5.74) is 2.53. The van der Waals surface area contributed by atoms with Crippen molar-refractivity contribution >= 4 is 11.0 Å². The molecule has 174 valence electrons. The van der Waals surface area contributed by atoms with Crippen molar-refractivity contribution in [2.24, 2.45) is 23.2 Å². The highest BCUT2D eigenvalue weighted by molar-refractivity contribution is 5.76. The van der Waals surface area contributed by atoms with Gasteiger partial charge >= 0.3 is 0 Å². The minimum atomic E-state index is -0.182. The first-order valence-corrected chi connectivity index (χ1v) is 13.1. The summed E-state index contributed by atoms with van der Waals surface area (Å²) in [5, 5.41) is 3.55. The van der Waals surface area contributed by atoms with Gasteiger partial charge in [0, 0.05) is 44.2 Å². The normalized spacial score (nSPS) is 33.3. The van der Waals surface area contributed by atoms with Crippen molar-refractivity contribution in [3.63, 3.8) is 0 Å². The number of piperidine rings is 2. The van der Waals surface area contributed by atoms with Gasteiger partial charge in [0.15, 0.2) is 0 Å². The third-order valence-electron chi connectivity index (χ3n) is 9.76. The lowest BCUT2D eigenvalue weighted by Gasteiger charge is -2.61. The number of nitrogens with one attached hydrogen (secondary N) is 1. The molecular weight excluding hydrogens is 399 g/mol. The largest absolute Gasteiger partial charge is 0.324 e. The summed E-state index contributed by atoms with van der Waals surface area (Å²) in [6.07, 6.45) is 9.09. The second kappa shape index (κ2) is 8.09. The van der Waals surface area contributed by atoms with Crippen LogP contribution < -0.4 is 5.32 Å². The molecule has 1 aromatic heterocycles. The number of hydrogen-bond donors (Lipinski definition) is 1. The minimum absolute atomic E-state index is 0.182. The van der Waals surface area contributed by atoms with E-state index < -0.39 is 0 Å². The monoisotopic (exact) mass is 438 g/mol. The van der Waals surface area contributed by atoms with Crippen LogP contribution in [-0.4, -0.2) is 47.2 Å². The predicted molar refractivity (Wildman–Crippen MR) is 127 cm³/mol. The molecule has 0 radical (unpaired) electrons. The molecule has 3 aliphatic carbocycles. The van der Waals surface area contributed by atoms with E-state index >= 15 is 0 Å². The molecule has 3 saturated carbocycles. The summed E-state index contributed by atoms with van der Waals surface area (Å²) in [4.78, 5) is 7.73. The van der Waals surface area contributed by atoms with Crippen LogP contribution in [0.5, 0.6) is 0 Å². The fourth-order valence-electron chi connectivity index (χ4n) is 7.71. The average molecular weight is 439 g/mol. The molecule has 1 aromatic carbocycles. The van der Waals surface area contributed by atoms with Crippen molar-refractivity contribution in [3.8, 4) is 0 Å². The molecule has 7 rings (SSSR count). The van der Waals surface area contributed by atoms with E-state index in [0.29, 0.717) is 17.4 Å². The van der Waals surface area contributed by atoms with Crippen molar-refractivity contribution < 1.29 is 4.39 Å². The topological polar surface area (TPSA) is 33.1 Å². The summed E-state index contributed by atoms with van der Waals surface area (Å²) in [5.74, 6) is 4.27. The minimum Gasteiger partial charge on any atom is -0.324 e. The number of hydrogen-bond acceptors (Lipinski definition) is 3. The van der Waals surface area contributed by atoms with E-state index in [9.17, 15) is 4.39 Å². The van der Waals surface area contributed by atoms with Gasteiger partial charge in [-0.25, -0.2) is 9.37 Å². The molecule has 5 fully saturated rings. The van der Waals surface area contributed by atoms with Crippen LogP contribution in [0.15, 0.2) is 18.2 Å². The molecule has 4 atom stereocenters. The zero-order chi connectivity index (χ0) is 21.9. The van der Waals surface area contributed by atoms with Gasteiger partial charge in [0.1, 0.15) is 11.6 Å². The number of nitrogens with zero attached hydrogens (tertiary/aromatic N) is 3. The summed E-state index contributed by atoms with van der Waals surface area (Å²) in [7, 11) is 0. The molecule has 2 bridgehead atoms. The number of aromatic nitrogens is 2. The number of likely N-dealkylation sites (tertiary alicyclic amines) is 1. The van der Waals surface area contributed by atoms with Crippen molar-refractivity contribution in [1.82, 2.24) is 19.8 Å². The summed E-state index contributed by atoms with van der Waals surface area (Å²) < 4.78 is 16.5. The molecule has 2 aromatic rings. The molecular formula is C27H39FN4. The van der Waals surface area contributed by atoms with E-state index in [2.05, 4.69) is 28.6 Å². The van der Waals surface area contributed by atoms with Gasteiger partial charge in [-0.15, -0.1) is 0 Å². The van der Waals surface area contributed by atoms with Crippen LogP contribution in [0.3, 0.4) is 0 Å². The third-order valence-corrected chi connectivity index (χ3v) is 9.76. The highest BCUT2D eigenvalue weighted by Gasteiger charge is 2.54. The van der Waals surface area contributed by atoms with Crippen molar-refractivity contribution in [2.75, 3.05) is 32.7 Å². The Morgan fingerprint density at radius 3 is 2.69 bits per heavy atom. The van der Waals surface area contributed by atoms with Gasteiger partial charge in [0.2, 0.25) is 0 Å². The highest BCUT2D eigenvalue weighted by Crippen LogP contribution is 2.61. The molecule has 1 N–H and O–H groups in total. The van der Waals surface area contributed by atoms with Crippen LogP contribution >= 0.6 is 0 Å². The van der Waals surface area contributed by atoms with Gasteiger partial charge < -0.3 is 14.8 Å². The Kier molecular flexibility index (Phi) is 5.33. The van der Waals surface area contributed by atoms with E-state index in [-0.39, 0.29) is 5.82 Å². The van der Waals surface area contributed by atoms with Crippen LogP contribution in [-0.2, 0) is 0 Å². The van der Waals surface area contributed by atoms with Crippen molar-refractivity contribution in [2.45, 2.75) is 70.8 Å². The van der Waals surface area contributed by atoms with Gasteiger partial charge in [0.05, 0.1) is 11.0 Å². The molecule has 2 aliphatic heterocycles. The molecule has 0 spiro atoms. The van der Waals surface area contributed by atoms with Gasteiger partial charge in [-0.1, -0.05) is 13.8 Å². The lowest BCUT2D eigenvalue weighted by atomic mass is 9.45. The SMILES string of the molecule is CC1(C)C2CCC(CN3CCC(n4c(C5CCCNC5)nc5cc(F)ccc54)CC3)C1C2. The molecule has 5 heteroatoms. The number of benzene rings is 1. The van der Waals surface area contributed by atoms with E-state index in [1.165, 1.54) is 70.4 Å². The van der Waals surface area contributed by atoms with Crippen LogP contribution in [0.25, 0.3) is 11.0 Å². The summed E-state index contributed by atoms with van der Waals surface area (Å²) in [6.45, 7) is 10.8. The zero-order valence-electron chi connectivity index (χ0n) is 19.8. The molecule has 4 nitrogen and oxygen atoms in total. The van der Waals surface area contributed by atoms with E-state index in [0.717, 1.165) is 41.9 Å². The van der Waals surface area contributed by atoms with E-state index in [1.807, 2.05) is 6.07 Å². The maximum atomic E-state index is 14.0.